The Labute approximate surface area is 356 Å². The Morgan fingerprint density at radius 1 is 0.534 bits per heavy atom. The number of carbonyl (C=O) groups excluding carboxylic acids is 2. The Morgan fingerprint density at radius 2 is 0.931 bits per heavy atom. The van der Waals surface area contributed by atoms with Gasteiger partial charge in [0.2, 0.25) is 0 Å². The van der Waals surface area contributed by atoms with E-state index < -0.39 is 32.5 Å². The number of hydrogen-bond acceptors (Lipinski definition) is 7. The summed E-state index contributed by atoms with van der Waals surface area (Å²) < 4.78 is 34.3. The van der Waals surface area contributed by atoms with Crippen LogP contribution in [0.25, 0.3) is 0 Å². The number of nitrogens with zero attached hydrogens (tertiary/aromatic N) is 1. The van der Waals surface area contributed by atoms with Crippen LogP contribution in [0.4, 0.5) is 0 Å². The molecule has 1 N–H and O–H groups in total. The molecule has 0 aliphatic carbocycles. The highest BCUT2D eigenvalue weighted by atomic mass is 31.2. The average molecular weight is 837 g/mol. The van der Waals surface area contributed by atoms with Crippen molar-refractivity contribution < 1.29 is 42.1 Å². The molecule has 0 rings (SSSR count). The Morgan fingerprint density at radius 3 is 1.45 bits per heavy atom. The van der Waals surface area contributed by atoms with Crippen molar-refractivity contribution in [1.29, 1.82) is 0 Å². The van der Waals surface area contributed by atoms with Crippen LogP contribution in [0.2, 0.25) is 0 Å². The summed E-state index contributed by atoms with van der Waals surface area (Å²) in [6, 6.07) is 0. The Hall–Kier alpha value is -2.29. The molecule has 1 unspecified atom stereocenters. The van der Waals surface area contributed by atoms with Gasteiger partial charge in [-0.2, -0.15) is 0 Å². The molecule has 0 saturated carbocycles. The molecule has 58 heavy (non-hydrogen) atoms. The first kappa shape index (κ1) is 55.7. The minimum atomic E-state index is -4.39. The number of carbonyl (C=O) groups is 2. The second-order valence-electron chi connectivity index (χ2n) is 16.4. The zero-order valence-corrected chi connectivity index (χ0v) is 38.7. The number of allylic oxidation sites excluding steroid dienone is 10. The molecule has 9 nitrogen and oxygen atoms in total. The van der Waals surface area contributed by atoms with Crippen molar-refractivity contribution in [2.75, 3.05) is 47.5 Å². The standard InChI is InChI=1S/C48H86NO8P/c1-6-8-10-12-14-16-18-20-22-23-24-25-27-28-30-32-34-36-38-40-47(50)54-44-46(45-56-58(52,53)55-43-42-49(3,4)5)57-48(51)41-39-37-35-33-31-29-26-21-19-17-15-13-11-9-7-2/h14,16,20-22,24-26,28,30,46H,6-13,15,17-19,23,27,29,31-45H2,1-5H3/p+1/b16-14+,22-20+,25-24+,26-21+,30-28+/t46-/m1/s1. The maximum atomic E-state index is 12.7. The lowest BCUT2D eigenvalue weighted by Gasteiger charge is -2.24. The Bertz CT molecular complexity index is 1170. The second-order valence-corrected chi connectivity index (χ2v) is 17.9. The lowest BCUT2D eigenvalue weighted by Crippen LogP contribution is -2.37. The minimum Gasteiger partial charge on any atom is -0.462 e. The molecule has 0 heterocycles. The summed E-state index contributed by atoms with van der Waals surface area (Å²) in [5.74, 6) is -0.847. The van der Waals surface area contributed by atoms with E-state index in [1.165, 1.54) is 70.6 Å². The summed E-state index contributed by atoms with van der Waals surface area (Å²) in [4.78, 5) is 35.4. The van der Waals surface area contributed by atoms with Crippen molar-refractivity contribution in [2.45, 2.75) is 187 Å². The summed E-state index contributed by atoms with van der Waals surface area (Å²) in [6.07, 6.45) is 48.3. The minimum absolute atomic E-state index is 0.0224. The highest BCUT2D eigenvalue weighted by molar-refractivity contribution is 7.47. The normalized spacial score (nSPS) is 14.1. The van der Waals surface area contributed by atoms with Crippen LogP contribution in [-0.2, 0) is 32.7 Å². The van der Waals surface area contributed by atoms with Crippen molar-refractivity contribution in [2.24, 2.45) is 0 Å². The van der Waals surface area contributed by atoms with Gasteiger partial charge in [-0.05, 0) is 83.5 Å². The van der Waals surface area contributed by atoms with Crippen LogP contribution in [0.15, 0.2) is 60.8 Å². The topological polar surface area (TPSA) is 108 Å². The van der Waals surface area contributed by atoms with Gasteiger partial charge in [-0.1, -0.05) is 145 Å². The van der Waals surface area contributed by atoms with E-state index in [1.807, 2.05) is 21.1 Å². The molecule has 0 radical (unpaired) electrons. The molecule has 0 saturated heterocycles. The van der Waals surface area contributed by atoms with E-state index in [-0.39, 0.29) is 26.1 Å². The fourth-order valence-corrected chi connectivity index (χ4v) is 6.61. The Kier molecular flexibility index (Phi) is 38.5. The van der Waals surface area contributed by atoms with Crippen LogP contribution < -0.4 is 0 Å². The second kappa shape index (κ2) is 40.1. The predicted molar refractivity (Wildman–Crippen MR) is 243 cm³/mol. The number of unbranched alkanes of at least 4 members (excludes halogenated alkanes) is 17. The lowest BCUT2D eigenvalue weighted by molar-refractivity contribution is -0.870. The Balaban J connectivity index is 4.42. The predicted octanol–water partition coefficient (Wildman–Crippen LogP) is 13.2. The molecule has 0 bridgehead atoms. The smallest absolute Gasteiger partial charge is 0.462 e. The third-order valence-corrected chi connectivity index (χ3v) is 10.5. The number of quaternary nitrogens is 1. The van der Waals surface area contributed by atoms with Gasteiger partial charge in [-0.15, -0.1) is 0 Å². The number of esters is 2. The van der Waals surface area contributed by atoms with Gasteiger partial charge in [0.05, 0.1) is 27.7 Å². The molecule has 0 amide bonds. The zero-order chi connectivity index (χ0) is 42.8. The maximum absolute atomic E-state index is 12.7. The average Bonchev–Trinajstić information content (AvgIpc) is 3.17. The molecule has 0 aliphatic rings. The summed E-state index contributed by atoms with van der Waals surface area (Å²) >= 11 is 0. The quantitative estimate of drug-likeness (QED) is 0.0213. The van der Waals surface area contributed by atoms with Crippen molar-refractivity contribution in [1.82, 2.24) is 0 Å². The van der Waals surface area contributed by atoms with Gasteiger partial charge in [0.15, 0.2) is 6.10 Å². The molecular formula is C48H87NO8P+. The first-order valence-electron chi connectivity index (χ1n) is 23.0. The van der Waals surface area contributed by atoms with E-state index in [4.69, 9.17) is 18.5 Å². The fourth-order valence-electron chi connectivity index (χ4n) is 5.87. The molecule has 0 aromatic rings. The zero-order valence-electron chi connectivity index (χ0n) is 37.8. The van der Waals surface area contributed by atoms with E-state index in [9.17, 15) is 19.0 Å². The van der Waals surface area contributed by atoms with Crippen molar-refractivity contribution in [3.63, 3.8) is 0 Å². The molecule has 0 spiro atoms. The van der Waals surface area contributed by atoms with Gasteiger partial charge in [0.1, 0.15) is 19.8 Å². The van der Waals surface area contributed by atoms with Crippen molar-refractivity contribution in [3.05, 3.63) is 60.8 Å². The molecular weight excluding hydrogens is 750 g/mol. The number of rotatable bonds is 41. The van der Waals surface area contributed by atoms with E-state index in [2.05, 4.69) is 74.6 Å². The summed E-state index contributed by atoms with van der Waals surface area (Å²) in [6.45, 7) is 4.33. The number of likely N-dealkylation sites (N-methyl/N-ethyl adjacent to an activating group) is 1. The van der Waals surface area contributed by atoms with E-state index in [0.29, 0.717) is 23.9 Å². The van der Waals surface area contributed by atoms with E-state index >= 15 is 0 Å². The third kappa shape index (κ3) is 43.3. The monoisotopic (exact) mass is 837 g/mol. The van der Waals surface area contributed by atoms with Crippen LogP contribution in [-0.4, -0.2) is 74.9 Å². The van der Waals surface area contributed by atoms with Crippen LogP contribution >= 0.6 is 7.82 Å². The van der Waals surface area contributed by atoms with E-state index in [1.54, 1.807) is 0 Å². The van der Waals surface area contributed by atoms with Crippen LogP contribution in [0, 0.1) is 0 Å². The SMILES string of the molecule is CCCCC/C=C/C/C=C/C/C=C/C/C=C/CCCCCC(=O)OC[C@H](COP(=O)(O)OCC[N+](C)(C)C)OC(=O)CCCCCCC/C=C/CCCCCCCC. The first-order valence-corrected chi connectivity index (χ1v) is 24.5. The van der Waals surface area contributed by atoms with Crippen LogP contribution in [0.5, 0.6) is 0 Å². The largest absolute Gasteiger partial charge is 0.472 e. The molecule has 0 aromatic carbocycles. The van der Waals surface area contributed by atoms with Crippen molar-refractivity contribution >= 4 is 19.8 Å². The maximum Gasteiger partial charge on any atom is 0.472 e. The summed E-state index contributed by atoms with van der Waals surface area (Å²) in [5.41, 5.74) is 0. The van der Waals surface area contributed by atoms with Crippen LogP contribution in [0.1, 0.15) is 181 Å². The lowest BCUT2D eigenvalue weighted by atomic mass is 10.1. The number of hydrogen-bond donors (Lipinski definition) is 1. The number of phosphoric acid groups is 1. The molecule has 2 atom stereocenters. The van der Waals surface area contributed by atoms with Gasteiger partial charge in [-0.3, -0.25) is 18.6 Å². The van der Waals surface area contributed by atoms with Gasteiger partial charge in [0.25, 0.3) is 0 Å². The summed E-state index contributed by atoms with van der Waals surface area (Å²) in [7, 11) is 1.45. The molecule has 0 aliphatic heterocycles. The highest BCUT2D eigenvalue weighted by Crippen LogP contribution is 2.43. The van der Waals surface area contributed by atoms with E-state index in [0.717, 1.165) is 70.6 Å². The van der Waals surface area contributed by atoms with Gasteiger partial charge in [-0.25, -0.2) is 4.57 Å². The first-order chi connectivity index (χ1) is 28.0. The molecule has 336 valence electrons. The third-order valence-electron chi connectivity index (χ3n) is 9.52. The van der Waals surface area contributed by atoms with Gasteiger partial charge < -0.3 is 18.9 Å². The summed E-state index contributed by atoms with van der Waals surface area (Å²) in [5, 5.41) is 0. The molecule has 10 heteroatoms. The number of phosphoric ester groups is 1. The number of ether oxygens (including phenoxy) is 2. The van der Waals surface area contributed by atoms with Crippen molar-refractivity contribution in [3.8, 4) is 0 Å². The van der Waals surface area contributed by atoms with Gasteiger partial charge >= 0.3 is 19.8 Å². The molecule has 0 aromatic heterocycles. The molecule has 0 fully saturated rings. The van der Waals surface area contributed by atoms with Gasteiger partial charge in [0, 0.05) is 12.8 Å². The van der Waals surface area contributed by atoms with Crippen LogP contribution in [0.3, 0.4) is 0 Å². The highest BCUT2D eigenvalue weighted by Gasteiger charge is 2.27. The fraction of sp³-hybridized carbons (Fsp3) is 0.750.